The summed E-state index contributed by atoms with van der Waals surface area (Å²) in [6, 6.07) is 6.05. The molecule has 3 aliphatic rings. The first-order valence-electron chi connectivity index (χ1n) is 13.5. The number of carbonyl (C=O) groups excluding carboxylic acids is 3. The molecule has 1 spiro atoms. The zero-order valence-electron chi connectivity index (χ0n) is 22.4. The molecular formula is C28H34BrN5O5S. The van der Waals surface area contributed by atoms with Crippen LogP contribution in [0.3, 0.4) is 0 Å². The average Bonchev–Trinajstić information content (AvgIpc) is 3.67. The first-order chi connectivity index (χ1) is 19.3. The van der Waals surface area contributed by atoms with Gasteiger partial charge in [-0.2, -0.15) is 0 Å². The van der Waals surface area contributed by atoms with Gasteiger partial charge in [-0.15, -0.1) is 30.0 Å². The van der Waals surface area contributed by atoms with Gasteiger partial charge in [-0.1, -0.05) is 52.4 Å². The molecule has 3 aliphatic heterocycles. The number of aliphatic hydroxyl groups is 1. The van der Waals surface area contributed by atoms with Crippen LogP contribution < -0.4 is 0 Å². The molecule has 0 radical (unpaired) electrons. The molecular weight excluding hydrogens is 598 g/mol. The van der Waals surface area contributed by atoms with E-state index in [9.17, 15) is 19.5 Å². The van der Waals surface area contributed by atoms with Crippen molar-refractivity contribution in [3.8, 4) is 0 Å². The van der Waals surface area contributed by atoms with Crippen LogP contribution in [0.2, 0.25) is 0 Å². The molecule has 214 valence electrons. The van der Waals surface area contributed by atoms with Crippen molar-refractivity contribution in [2.24, 2.45) is 11.8 Å². The minimum absolute atomic E-state index is 0.0740. The molecule has 10 nitrogen and oxygen atoms in total. The number of hydrogen-bond donors (Lipinski definition) is 1. The van der Waals surface area contributed by atoms with Gasteiger partial charge in [0.15, 0.2) is 0 Å². The fraction of sp³-hybridized carbons (Fsp3) is 0.536. The van der Waals surface area contributed by atoms with Crippen LogP contribution in [0.25, 0.3) is 11.0 Å². The number of hydrogen-bond acceptors (Lipinski definition) is 8. The van der Waals surface area contributed by atoms with Crippen LogP contribution in [0.4, 0.5) is 0 Å². The summed E-state index contributed by atoms with van der Waals surface area (Å²) in [5.74, 6) is -2.38. The van der Waals surface area contributed by atoms with Crippen LogP contribution in [0.1, 0.15) is 26.2 Å². The molecule has 1 N–H and O–H groups in total. The number of aromatic nitrogens is 3. The Kier molecular flexibility index (Phi) is 8.40. The SMILES string of the molecule is C=CCCOC(=O)[C@H]1[C@H]2C(=O)N([C@@H](CC)CO)C(C(=O)N(CC=C)Cn3nnc4ccccc43)C23CC(Br)[C@@H]1S3. The van der Waals surface area contributed by atoms with Gasteiger partial charge in [0.05, 0.1) is 41.4 Å². The molecule has 2 amide bonds. The number of amides is 2. The predicted molar refractivity (Wildman–Crippen MR) is 155 cm³/mol. The lowest BCUT2D eigenvalue weighted by molar-refractivity contribution is -0.154. The van der Waals surface area contributed by atoms with E-state index in [1.165, 1.54) is 0 Å². The molecule has 3 unspecified atom stereocenters. The molecule has 2 aromatic rings. The molecule has 5 rings (SSSR count). The Morgan fingerprint density at radius 3 is 2.83 bits per heavy atom. The number of halogens is 1. The molecule has 1 aromatic heterocycles. The van der Waals surface area contributed by atoms with Crippen molar-refractivity contribution >= 4 is 56.5 Å². The monoisotopic (exact) mass is 631 g/mol. The standard InChI is InChI=1S/C28H34BrN5O5S/c1-4-7-13-39-27(38)21-22-25(36)34(17(6-3)15-35)24(28(22)14-18(29)23(21)40-28)26(37)32(12-5-2)16-33-20-11-9-8-10-19(20)30-31-33/h4-5,8-11,17-18,21-24,35H,1-2,6-7,12-16H2,3H3/t17-,18?,21-,22-,23-,24?,28?/m0/s1. The van der Waals surface area contributed by atoms with Gasteiger partial charge < -0.3 is 19.6 Å². The van der Waals surface area contributed by atoms with Gasteiger partial charge in [0.2, 0.25) is 11.8 Å². The molecule has 7 atom stereocenters. The fourth-order valence-electron chi connectivity index (χ4n) is 6.49. The third-order valence-electron chi connectivity index (χ3n) is 8.26. The number of carbonyl (C=O) groups is 3. The Morgan fingerprint density at radius 1 is 1.35 bits per heavy atom. The molecule has 3 fully saturated rings. The number of thioether (sulfide) groups is 1. The van der Waals surface area contributed by atoms with Crippen LogP contribution in [-0.4, -0.2) is 94.4 Å². The first-order valence-corrected chi connectivity index (χ1v) is 15.3. The number of rotatable bonds is 12. The molecule has 3 saturated heterocycles. The van der Waals surface area contributed by atoms with E-state index in [2.05, 4.69) is 39.4 Å². The Bertz CT molecular complexity index is 1320. The second kappa shape index (κ2) is 11.7. The number of esters is 1. The minimum atomic E-state index is -0.877. The van der Waals surface area contributed by atoms with E-state index in [0.29, 0.717) is 24.8 Å². The highest BCUT2D eigenvalue weighted by molar-refractivity contribution is 9.09. The van der Waals surface area contributed by atoms with E-state index in [-0.39, 0.29) is 48.3 Å². The summed E-state index contributed by atoms with van der Waals surface area (Å²) in [4.78, 5) is 45.3. The normalized spacial score (nSPS) is 29.4. The molecule has 40 heavy (non-hydrogen) atoms. The van der Waals surface area contributed by atoms with E-state index in [4.69, 9.17) is 4.74 Å². The lowest BCUT2D eigenvalue weighted by atomic mass is 9.71. The van der Waals surface area contributed by atoms with Crippen LogP contribution >= 0.6 is 27.7 Å². The molecule has 0 aliphatic carbocycles. The number of benzene rings is 1. The van der Waals surface area contributed by atoms with Gasteiger partial charge in [0.1, 0.15) is 18.2 Å². The summed E-state index contributed by atoms with van der Waals surface area (Å²) >= 11 is 5.30. The third kappa shape index (κ3) is 4.57. The maximum atomic E-state index is 14.6. The molecule has 0 saturated carbocycles. The van der Waals surface area contributed by atoms with Crippen molar-refractivity contribution in [2.45, 2.75) is 59.8 Å². The summed E-state index contributed by atoms with van der Waals surface area (Å²) in [6.45, 7) is 9.65. The zero-order chi connectivity index (χ0) is 28.6. The quantitative estimate of drug-likeness (QED) is 0.164. The summed E-state index contributed by atoms with van der Waals surface area (Å²) < 4.78 is 6.38. The average molecular weight is 633 g/mol. The van der Waals surface area contributed by atoms with Crippen LogP contribution in [0.15, 0.2) is 49.6 Å². The predicted octanol–water partition coefficient (Wildman–Crippen LogP) is 2.76. The first kappa shape index (κ1) is 28.8. The Labute approximate surface area is 245 Å². The van der Waals surface area contributed by atoms with Crippen molar-refractivity contribution in [2.75, 3.05) is 19.8 Å². The minimum Gasteiger partial charge on any atom is -0.465 e. The second-order valence-electron chi connectivity index (χ2n) is 10.5. The summed E-state index contributed by atoms with van der Waals surface area (Å²) in [6.07, 6.45) is 4.83. The van der Waals surface area contributed by atoms with Crippen molar-refractivity contribution in [3.63, 3.8) is 0 Å². The maximum Gasteiger partial charge on any atom is 0.310 e. The number of likely N-dealkylation sites (tertiary alicyclic amines) is 1. The number of para-hydroxylation sites is 1. The van der Waals surface area contributed by atoms with Gasteiger partial charge in [-0.3, -0.25) is 14.4 Å². The molecule has 12 heteroatoms. The zero-order valence-corrected chi connectivity index (χ0v) is 24.8. The highest BCUT2D eigenvalue weighted by atomic mass is 79.9. The van der Waals surface area contributed by atoms with E-state index in [1.54, 1.807) is 38.4 Å². The van der Waals surface area contributed by atoms with E-state index >= 15 is 0 Å². The third-order valence-corrected chi connectivity index (χ3v) is 11.5. The fourth-order valence-corrected chi connectivity index (χ4v) is 10.1. The lowest BCUT2D eigenvalue weighted by Gasteiger charge is -2.39. The van der Waals surface area contributed by atoms with E-state index < -0.39 is 34.6 Å². The summed E-state index contributed by atoms with van der Waals surface area (Å²) in [5, 5.41) is 18.6. The van der Waals surface area contributed by atoms with E-state index in [0.717, 1.165) is 5.52 Å². The summed E-state index contributed by atoms with van der Waals surface area (Å²) in [7, 11) is 0. The van der Waals surface area contributed by atoms with Crippen LogP contribution in [-0.2, 0) is 25.8 Å². The lowest BCUT2D eigenvalue weighted by Crippen LogP contribution is -2.58. The molecule has 4 heterocycles. The van der Waals surface area contributed by atoms with Crippen molar-refractivity contribution in [1.82, 2.24) is 24.8 Å². The number of fused-ring (bicyclic) bond motifs is 2. The molecule has 1 aromatic carbocycles. The summed E-state index contributed by atoms with van der Waals surface area (Å²) in [5.41, 5.74) is 1.49. The molecule has 2 bridgehead atoms. The van der Waals surface area contributed by atoms with Gasteiger partial charge in [-0.05, 0) is 31.4 Å². The number of aliphatic hydroxyl groups excluding tert-OH is 1. The van der Waals surface area contributed by atoms with Gasteiger partial charge in [0.25, 0.3) is 0 Å². The van der Waals surface area contributed by atoms with Crippen molar-refractivity contribution in [1.29, 1.82) is 0 Å². The highest BCUT2D eigenvalue weighted by Crippen LogP contribution is 2.68. The smallest absolute Gasteiger partial charge is 0.310 e. The topological polar surface area (TPSA) is 118 Å². The highest BCUT2D eigenvalue weighted by Gasteiger charge is 2.76. The van der Waals surface area contributed by atoms with E-state index in [1.807, 2.05) is 31.2 Å². The number of alkyl halides is 1. The largest absolute Gasteiger partial charge is 0.465 e. The Balaban J connectivity index is 1.54. The van der Waals surface area contributed by atoms with Crippen molar-refractivity contribution in [3.05, 3.63) is 49.6 Å². The number of ether oxygens (including phenoxy) is 1. The van der Waals surface area contributed by atoms with Gasteiger partial charge >= 0.3 is 5.97 Å². The Hall–Kier alpha value is -2.70. The van der Waals surface area contributed by atoms with Crippen molar-refractivity contribution < 1.29 is 24.2 Å². The van der Waals surface area contributed by atoms with Crippen LogP contribution in [0.5, 0.6) is 0 Å². The van der Waals surface area contributed by atoms with Crippen LogP contribution in [0, 0.1) is 11.8 Å². The number of nitrogens with zero attached hydrogens (tertiary/aromatic N) is 5. The Morgan fingerprint density at radius 2 is 2.12 bits per heavy atom. The maximum absolute atomic E-state index is 14.6. The van der Waals surface area contributed by atoms with Gasteiger partial charge in [0, 0.05) is 16.6 Å². The van der Waals surface area contributed by atoms with Gasteiger partial charge in [-0.25, -0.2) is 4.68 Å². The second-order valence-corrected chi connectivity index (χ2v) is 13.2.